The van der Waals surface area contributed by atoms with E-state index in [0.717, 1.165) is 117 Å². The molecule has 78 heavy (non-hydrogen) atoms. The Morgan fingerprint density at radius 3 is 1.82 bits per heavy atom. The quantitative estimate of drug-likeness (QED) is 0.0822. The molecule has 1 radical (unpaired) electrons. The minimum Gasteiger partial charge on any atom is -0.501 e. The summed E-state index contributed by atoms with van der Waals surface area (Å²) in [5.41, 5.74) is 15.9. The van der Waals surface area contributed by atoms with Gasteiger partial charge < -0.3 is 14.0 Å². The molecule has 10 aromatic carbocycles. The maximum absolute atomic E-state index is 13.1. The zero-order chi connectivity index (χ0) is 53.9. The molecule has 0 aliphatic carbocycles. The Bertz CT molecular complexity index is 4380. The van der Waals surface area contributed by atoms with Gasteiger partial charge in [-0.2, -0.15) is 0 Å². The smallest absolute Gasteiger partial charge is 0.121 e. The largest absolute Gasteiger partial charge is 0.501 e. The average Bonchev–Trinajstić information content (AvgIpc) is 3.91. The first-order valence-corrected chi connectivity index (χ1v) is 29.9. The molecule has 4 nitrogen and oxygen atoms in total. The van der Waals surface area contributed by atoms with Crippen LogP contribution in [-0.2, 0) is 20.1 Å². The molecule has 0 spiro atoms. The van der Waals surface area contributed by atoms with Crippen LogP contribution >= 0.6 is 0 Å². The number of hydrogen-bond donors (Lipinski definition) is 0. The van der Waals surface area contributed by atoms with E-state index in [9.17, 15) is 4.39 Å². The number of nitrogens with zero attached hydrogens (tertiary/aromatic N) is 3. The molecular formula is C71H58FIrN3OSi-2. The van der Waals surface area contributed by atoms with Crippen molar-refractivity contribution in [2.24, 2.45) is 5.92 Å². The summed E-state index contributed by atoms with van der Waals surface area (Å²) in [4.78, 5) is 10.2. The predicted molar refractivity (Wildman–Crippen MR) is 323 cm³/mol. The fourth-order valence-electron chi connectivity index (χ4n) is 10.9. The molecule has 0 aliphatic heterocycles. The molecule has 1 atom stereocenters. The van der Waals surface area contributed by atoms with Gasteiger partial charge in [0.2, 0.25) is 0 Å². The van der Waals surface area contributed by atoms with E-state index in [1.54, 1.807) is 6.07 Å². The van der Waals surface area contributed by atoms with Crippen LogP contribution in [0.5, 0.6) is 0 Å². The van der Waals surface area contributed by atoms with Crippen molar-refractivity contribution in [3.05, 3.63) is 242 Å². The number of aromatic nitrogens is 3. The zero-order valence-corrected chi connectivity index (χ0v) is 48.1. The van der Waals surface area contributed by atoms with Crippen LogP contribution < -0.4 is 5.19 Å². The fraction of sp³-hybridized carbons (Fsp3) is 0.127. The van der Waals surface area contributed by atoms with E-state index >= 15 is 0 Å². The Labute approximate surface area is 472 Å². The van der Waals surface area contributed by atoms with Gasteiger partial charge in [0.1, 0.15) is 5.58 Å². The van der Waals surface area contributed by atoms with Gasteiger partial charge in [-0.1, -0.05) is 234 Å². The van der Waals surface area contributed by atoms with E-state index in [4.69, 9.17) is 10.8 Å². The minimum atomic E-state index is -1.62. The molecule has 0 N–H and O–H groups in total. The topological polar surface area (TPSA) is 43.9 Å². The Kier molecular flexibility index (Phi) is 13.9. The molecule has 13 rings (SSSR count). The Hall–Kier alpha value is -8.06. The molecule has 0 saturated heterocycles. The van der Waals surface area contributed by atoms with Crippen LogP contribution in [0.2, 0.25) is 19.6 Å². The third-order valence-electron chi connectivity index (χ3n) is 15.1. The monoisotopic (exact) mass is 1210 g/mol. The van der Waals surface area contributed by atoms with Crippen molar-refractivity contribution in [3.8, 4) is 61.7 Å². The maximum Gasteiger partial charge on any atom is 0.121 e. The summed E-state index contributed by atoms with van der Waals surface area (Å²) in [6.07, 6.45) is 1.92. The molecule has 0 bridgehead atoms. The molecule has 13 aromatic rings. The number of halogens is 1. The fourth-order valence-corrected chi connectivity index (χ4v) is 12.4. The molecular weight excluding hydrogens is 1150 g/mol. The second-order valence-corrected chi connectivity index (χ2v) is 26.4. The van der Waals surface area contributed by atoms with Crippen molar-refractivity contribution in [3.63, 3.8) is 0 Å². The number of hydrogen-bond acceptors (Lipinski definition) is 3. The standard InChI is InChI=1S/C52H33N2O.C19H25FNSi.Ir/c1-33-25-28-45(51-48(33)44-30-27-38(32-47(44)55-51)35-17-7-3-8-18-35)52-53-49-42-23-13-11-21-40(42)41-22-12-14-24-43(41)50(49)54(52)46-31-37(34-15-5-2-6-16-34)26-29-39(46)36-19-9-4-10-20-36;1-13(2)14(3)17-11-18(15-7-9-16(20)10-8-15)21-12-19(17)22(4,5)6;/h2-27,29-32H,1H3;7,9-14H,1-6H3;/q2*-1;/i;14D;. The van der Waals surface area contributed by atoms with Crippen LogP contribution in [0, 0.1) is 30.8 Å². The normalized spacial score (nSPS) is 12.7. The first kappa shape index (κ1) is 50.7. The van der Waals surface area contributed by atoms with Crippen molar-refractivity contribution in [1.29, 1.82) is 0 Å². The Balaban J connectivity index is 0.000000233. The van der Waals surface area contributed by atoms with Crippen LogP contribution in [0.1, 0.15) is 39.2 Å². The molecule has 0 amide bonds. The van der Waals surface area contributed by atoms with Gasteiger partial charge in [-0.25, -0.2) is 0 Å². The summed E-state index contributed by atoms with van der Waals surface area (Å²) < 4.78 is 31.3. The van der Waals surface area contributed by atoms with E-state index in [1.807, 2.05) is 25.3 Å². The third-order valence-corrected chi connectivity index (χ3v) is 17.1. The molecule has 0 saturated carbocycles. The van der Waals surface area contributed by atoms with Gasteiger partial charge >= 0.3 is 0 Å². The van der Waals surface area contributed by atoms with E-state index < -0.39 is 14.0 Å². The number of pyridine rings is 1. The van der Waals surface area contributed by atoms with Gasteiger partial charge in [-0.3, -0.25) is 9.37 Å². The molecule has 0 fully saturated rings. The van der Waals surface area contributed by atoms with Crippen molar-refractivity contribution >= 4 is 67.8 Å². The van der Waals surface area contributed by atoms with E-state index in [1.165, 1.54) is 28.1 Å². The SMILES string of the molecule is Cc1c[c-]c(-c2nc3c4ccccc4c4ccccc4c3n2-c2cc(-c3ccccc3)ccc2-c2ccccc2)c2oc3cc(-c4ccccc4)ccc3c12.[2H]C(C)(c1cc(-c2[c-]cc(F)cc2)ncc1[Si](C)(C)C)C(C)C.[Ir]. The number of fused-ring (bicyclic) bond motifs is 9. The Morgan fingerprint density at radius 1 is 0.603 bits per heavy atom. The maximum atomic E-state index is 13.1. The predicted octanol–water partition coefficient (Wildman–Crippen LogP) is 19.0. The first-order valence-electron chi connectivity index (χ1n) is 26.9. The number of furan rings is 1. The van der Waals surface area contributed by atoms with E-state index in [0.29, 0.717) is 0 Å². The van der Waals surface area contributed by atoms with Crippen molar-refractivity contribution in [1.82, 2.24) is 14.5 Å². The van der Waals surface area contributed by atoms with Crippen molar-refractivity contribution in [2.75, 3.05) is 0 Å². The van der Waals surface area contributed by atoms with Gasteiger partial charge in [0.05, 0.1) is 30.5 Å². The number of imidazole rings is 1. The number of rotatable bonds is 9. The van der Waals surface area contributed by atoms with Crippen molar-refractivity contribution in [2.45, 2.75) is 53.2 Å². The second kappa shape index (κ2) is 21.4. The van der Waals surface area contributed by atoms with Gasteiger partial charge in [0.25, 0.3) is 0 Å². The summed E-state index contributed by atoms with van der Waals surface area (Å²) in [5.74, 6) is -0.0238. The van der Waals surface area contributed by atoms with Crippen LogP contribution in [0.3, 0.4) is 0 Å². The van der Waals surface area contributed by atoms with Crippen LogP contribution in [0.4, 0.5) is 4.39 Å². The summed E-state index contributed by atoms with van der Waals surface area (Å²) in [5, 5.41) is 7.99. The van der Waals surface area contributed by atoms with Gasteiger partial charge in [0, 0.05) is 60.9 Å². The van der Waals surface area contributed by atoms with E-state index in [-0.39, 0.29) is 31.8 Å². The molecule has 1 unspecified atom stereocenters. The van der Waals surface area contributed by atoms with E-state index in [2.05, 4.69) is 238 Å². The first-order chi connectivity index (χ1) is 37.7. The van der Waals surface area contributed by atoms with Crippen LogP contribution in [0.25, 0.3) is 116 Å². The average molecular weight is 1210 g/mol. The Morgan fingerprint density at radius 2 is 1.19 bits per heavy atom. The molecule has 0 aliphatic rings. The number of benzene rings is 10. The molecule has 3 heterocycles. The second-order valence-electron chi connectivity index (χ2n) is 21.4. The zero-order valence-electron chi connectivity index (χ0n) is 45.7. The molecule has 7 heteroatoms. The summed E-state index contributed by atoms with van der Waals surface area (Å²) in [6, 6.07) is 77.6. The molecule has 385 valence electrons. The van der Waals surface area contributed by atoms with Crippen LogP contribution in [-0.4, -0.2) is 22.6 Å². The summed E-state index contributed by atoms with van der Waals surface area (Å²) in [7, 11) is -1.62. The van der Waals surface area contributed by atoms with Gasteiger partial charge in [-0.05, 0) is 73.4 Å². The minimum absolute atomic E-state index is 0. The molecule has 3 aromatic heterocycles. The number of aryl methyl sites for hydroxylation is 1. The summed E-state index contributed by atoms with van der Waals surface area (Å²) >= 11 is 0. The van der Waals surface area contributed by atoms with Crippen LogP contribution in [0.15, 0.2) is 217 Å². The third kappa shape index (κ3) is 9.61. The summed E-state index contributed by atoms with van der Waals surface area (Å²) in [6.45, 7) is 15.1. The van der Waals surface area contributed by atoms with Crippen molar-refractivity contribution < 1.29 is 30.3 Å². The van der Waals surface area contributed by atoms with Gasteiger partial charge in [-0.15, -0.1) is 47.5 Å². The van der Waals surface area contributed by atoms with Gasteiger partial charge in [0.15, 0.2) is 0 Å².